The van der Waals surface area contributed by atoms with Crippen LogP contribution in [0, 0.1) is 0 Å². The zero-order valence-corrected chi connectivity index (χ0v) is 13.6. The van der Waals surface area contributed by atoms with Gasteiger partial charge in [0.05, 0.1) is 5.60 Å². The van der Waals surface area contributed by atoms with E-state index in [0.717, 1.165) is 19.4 Å². The van der Waals surface area contributed by atoms with Gasteiger partial charge in [-0.3, -0.25) is 9.69 Å². The third kappa shape index (κ3) is 3.68. The zero-order valence-electron chi connectivity index (χ0n) is 13.6. The maximum absolute atomic E-state index is 11.6. The van der Waals surface area contributed by atoms with Crippen molar-refractivity contribution < 1.29 is 9.53 Å². The van der Waals surface area contributed by atoms with E-state index in [2.05, 4.69) is 4.90 Å². The first-order valence-corrected chi connectivity index (χ1v) is 9.08. The van der Waals surface area contributed by atoms with Gasteiger partial charge in [-0.15, -0.1) is 0 Å². The van der Waals surface area contributed by atoms with Gasteiger partial charge in [0.2, 0.25) is 0 Å². The maximum Gasteiger partial charge on any atom is 0.131 e. The molecule has 120 valence electrons. The van der Waals surface area contributed by atoms with Gasteiger partial charge in [0.25, 0.3) is 0 Å². The number of carbonyl (C=O) groups excluding carboxylic acids is 1. The highest BCUT2D eigenvalue weighted by atomic mass is 16.5. The largest absolute Gasteiger partial charge is 0.375 e. The van der Waals surface area contributed by atoms with Crippen molar-refractivity contribution in [3.05, 3.63) is 0 Å². The summed E-state index contributed by atoms with van der Waals surface area (Å²) < 4.78 is 6.25. The first kappa shape index (κ1) is 15.5. The zero-order chi connectivity index (χ0) is 14.7. The highest BCUT2D eigenvalue weighted by Gasteiger charge is 2.41. The Morgan fingerprint density at radius 1 is 1.14 bits per heavy atom. The minimum absolute atomic E-state index is 0.180. The fraction of sp³-hybridized carbons (Fsp3) is 0.944. The molecule has 2 atom stereocenters. The van der Waals surface area contributed by atoms with Crippen LogP contribution < -0.4 is 0 Å². The van der Waals surface area contributed by atoms with Crippen LogP contribution in [0.3, 0.4) is 0 Å². The normalized spacial score (nSPS) is 34.0. The van der Waals surface area contributed by atoms with E-state index in [1.165, 1.54) is 64.3 Å². The first-order valence-electron chi connectivity index (χ1n) is 9.08. The van der Waals surface area contributed by atoms with Crippen LogP contribution in [-0.2, 0) is 9.53 Å². The van der Waals surface area contributed by atoms with Gasteiger partial charge >= 0.3 is 0 Å². The molecular weight excluding hydrogens is 262 g/mol. The van der Waals surface area contributed by atoms with E-state index in [1.54, 1.807) is 6.92 Å². The van der Waals surface area contributed by atoms with Gasteiger partial charge < -0.3 is 4.74 Å². The SMILES string of the molecule is CC(=O)CC1CCCCN1C1CCOC2(CCCCC2)C1. The lowest BCUT2D eigenvalue weighted by atomic mass is 9.77. The van der Waals surface area contributed by atoms with Crippen molar-refractivity contribution in [1.82, 2.24) is 4.90 Å². The highest BCUT2D eigenvalue weighted by molar-refractivity contribution is 5.76. The Labute approximate surface area is 129 Å². The summed E-state index contributed by atoms with van der Waals surface area (Å²) in [5.74, 6) is 0.353. The number of hydrogen-bond donors (Lipinski definition) is 0. The van der Waals surface area contributed by atoms with E-state index in [0.29, 0.717) is 17.9 Å². The molecule has 3 nitrogen and oxygen atoms in total. The van der Waals surface area contributed by atoms with Crippen LogP contribution in [0.5, 0.6) is 0 Å². The molecule has 2 unspecified atom stereocenters. The molecule has 3 rings (SSSR count). The number of ketones is 1. The molecule has 2 saturated heterocycles. The number of ether oxygens (including phenoxy) is 1. The van der Waals surface area contributed by atoms with E-state index in [4.69, 9.17) is 4.74 Å². The van der Waals surface area contributed by atoms with E-state index in [-0.39, 0.29) is 5.60 Å². The molecule has 0 aromatic heterocycles. The summed E-state index contributed by atoms with van der Waals surface area (Å²) in [6.07, 6.45) is 13.5. The van der Waals surface area contributed by atoms with Crippen molar-refractivity contribution in [2.75, 3.05) is 13.2 Å². The summed E-state index contributed by atoms with van der Waals surface area (Å²) in [7, 11) is 0. The predicted octanol–water partition coefficient (Wildman–Crippen LogP) is 3.70. The minimum Gasteiger partial charge on any atom is -0.375 e. The fourth-order valence-corrected chi connectivity index (χ4v) is 4.88. The van der Waals surface area contributed by atoms with Gasteiger partial charge in [-0.2, -0.15) is 0 Å². The summed E-state index contributed by atoms with van der Waals surface area (Å²) >= 11 is 0. The molecule has 0 radical (unpaired) electrons. The molecule has 3 fully saturated rings. The van der Waals surface area contributed by atoms with Crippen molar-refractivity contribution in [1.29, 1.82) is 0 Å². The number of likely N-dealkylation sites (tertiary alicyclic amines) is 1. The minimum atomic E-state index is 0.180. The lowest BCUT2D eigenvalue weighted by Gasteiger charge is -2.49. The third-order valence-corrected chi connectivity index (χ3v) is 5.90. The lowest BCUT2D eigenvalue weighted by Crippen LogP contribution is -2.54. The summed E-state index contributed by atoms with van der Waals surface area (Å²) in [5, 5.41) is 0. The average molecular weight is 293 g/mol. The van der Waals surface area contributed by atoms with E-state index < -0.39 is 0 Å². The van der Waals surface area contributed by atoms with Crippen molar-refractivity contribution >= 4 is 5.78 Å². The Morgan fingerprint density at radius 3 is 2.71 bits per heavy atom. The topological polar surface area (TPSA) is 29.5 Å². The van der Waals surface area contributed by atoms with Crippen LogP contribution >= 0.6 is 0 Å². The van der Waals surface area contributed by atoms with Crippen molar-refractivity contribution in [2.24, 2.45) is 0 Å². The average Bonchev–Trinajstić information content (AvgIpc) is 2.48. The second kappa shape index (κ2) is 6.78. The lowest BCUT2D eigenvalue weighted by molar-refractivity contribution is -0.133. The van der Waals surface area contributed by atoms with Gasteiger partial charge in [-0.05, 0) is 52.0 Å². The smallest absolute Gasteiger partial charge is 0.131 e. The Bertz CT molecular complexity index is 357. The van der Waals surface area contributed by atoms with Gasteiger partial charge in [0, 0.05) is 25.1 Å². The molecule has 3 aliphatic rings. The number of piperidine rings is 1. The van der Waals surface area contributed by atoms with Crippen LogP contribution in [0.4, 0.5) is 0 Å². The number of rotatable bonds is 3. The molecule has 1 saturated carbocycles. The maximum atomic E-state index is 11.6. The molecule has 3 heteroatoms. The standard InChI is InChI=1S/C18H31NO2/c1-15(20)13-16-7-3-6-11-19(16)17-8-12-21-18(14-17)9-4-2-5-10-18/h16-17H,2-14H2,1H3. The molecule has 2 aliphatic heterocycles. The van der Waals surface area contributed by atoms with Crippen LogP contribution in [-0.4, -0.2) is 41.5 Å². The monoisotopic (exact) mass is 293 g/mol. The molecule has 0 amide bonds. The fourth-order valence-electron chi connectivity index (χ4n) is 4.88. The van der Waals surface area contributed by atoms with Crippen LogP contribution in [0.25, 0.3) is 0 Å². The number of carbonyl (C=O) groups is 1. The molecule has 1 spiro atoms. The Kier molecular flexibility index (Phi) is 5.00. The quantitative estimate of drug-likeness (QED) is 0.794. The molecule has 1 aliphatic carbocycles. The number of hydrogen-bond acceptors (Lipinski definition) is 3. The first-order chi connectivity index (χ1) is 10.2. The Morgan fingerprint density at radius 2 is 1.95 bits per heavy atom. The number of Topliss-reactive ketones (excluding diaryl/α,β-unsaturated/α-hetero) is 1. The summed E-state index contributed by atoms with van der Waals surface area (Å²) in [6.45, 7) is 3.87. The molecule has 0 bridgehead atoms. The van der Waals surface area contributed by atoms with Crippen LogP contribution in [0.15, 0.2) is 0 Å². The van der Waals surface area contributed by atoms with Crippen LogP contribution in [0.2, 0.25) is 0 Å². The van der Waals surface area contributed by atoms with Gasteiger partial charge in [-0.25, -0.2) is 0 Å². The van der Waals surface area contributed by atoms with Gasteiger partial charge in [-0.1, -0.05) is 25.7 Å². The molecule has 0 N–H and O–H groups in total. The predicted molar refractivity (Wildman–Crippen MR) is 84.4 cm³/mol. The Balaban J connectivity index is 1.67. The van der Waals surface area contributed by atoms with Crippen molar-refractivity contribution in [2.45, 2.75) is 95.2 Å². The summed E-state index contributed by atoms with van der Waals surface area (Å²) in [4.78, 5) is 14.3. The van der Waals surface area contributed by atoms with E-state index in [9.17, 15) is 4.79 Å². The van der Waals surface area contributed by atoms with Crippen LogP contribution in [0.1, 0.15) is 77.6 Å². The van der Waals surface area contributed by atoms with E-state index >= 15 is 0 Å². The molecule has 21 heavy (non-hydrogen) atoms. The third-order valence-electron chi connectivity index (χ3n) is 5.90. The Hall–Kier alpha value is -0.410. The second-order valence-electron chi connectivity index (χ2n) is 7.53. The van der Waals surface area contributed by atoms with Crippen molar-refractivity contribution in [3.63, 3.8) is 0 Å². The molecular formula is C18H31NO2. The number of nitrogens with zero attached hydrogens (tertiary/aromatic N) is 1. The molecule has 2 heterocycles. The second-order valence-corrected chi connectivity index (χ2v) is 7.53. The molecule has 0 aromatic carbocycles. The van der Waals surface area contributed by atoms with Crippen molar-refractivity contribution in [3.8, 4) is 0 Å². The summed E-state index contributed by atoms with van der Waals surface area (Å²) in [5.41, 5.74) is 0.180. The van der Waals surface area contributed by atoms with Gasteiger partial charge in [0.1, 0.15) is 5.78 Å². The van der Waals surface area contributed by atoms with E-state index in [1.807, 2.05) is 0 Å². The van der Waals surface area contributed by atoms with Gasteiger partial charge in [0.15, 0.2) is 0 Å². The highest BCUT2D eigenvalue weighted by Crippen LogP contribution is 2.41. The molecule has 0 aromatic rings. The summed E-state index contributed by atoms with van der Waals surface area (Å²) in [6, 6.07) is 1.15.